The molecule has 0 radical (unpaired) electrons. The van der Waals surface area contributed by atoms with Crippen molar-refractivity contribution in [3.05, 3.63) is 29.6 Å². The Bertz CT molecular complexity index is 439. The summed E-state index contributed by atoms with van der Waals surface area (Å²) in [4.78, 5) is 3.99. The maximum absolute atomic E-state index is 5.48. The minimum atomic E-state index is 0.475. The Kier molecular flexibility index (Phi) is 2.73. The number of rotatable bonds is 3. The van der Waals surface area contributed by atoms with E-state index < -0.39 is 0 Å². The van der Waals surface area contributed by atoms with Gasteiger partial charge in [-0.15, -0.1) is 0 Å². The van der Waals surface area contributed by atoms with Crippen molar-refractivity contribution in [3.63, 3.8) is 0 Å². The molecule has 0 fully saturated rings. The first-order chi connectivity index (χ1) is 7.28. The number of hydrogen-bond acceptors (Lipinski definition) is 5. The van der Waals surface area contributed by atoms with Gasteiger partial charge in [0, 0.05) is 5.38 Å². The molecule has 0 amide bonds. The number of thiazole rings is 1. The van der Waals surface area contributed by atoms with Crippen molar-refractivity contribution in [2.75, 3.05) is 12.8 Å². The molecule has 2 rings (SSSR count). The summed E-state index contributed by atoms with van der Waals surface area (Å²) in [6, 6.07) is 7.28. The molecule has 5 heteroatoms. The molecule has 0 unspecified atom stereocenters. The van der Waals surface area contributed by atoms with Crippen molar-refractivity contribution in [2.45, 2.75) is 0 Å². The van der Waals surface area contributed by atoms with E-state index in [9.17, 15) is 0 Å². The lowest BCUT2D eigenvalue weighted by molar-refractivity contribution is 0.412. The lowest BCUT2D eigenvalue weighted by Gasteiger charge is -2.02. The van der Waals surface area contributed by atoms with Crippen molar-refractivity contribution in [1.29, 1.82) is 0 Å². The van der Waals surface area contributed by atoms with Gasteiger partial charge in [0.15, 0.2) is 0 Å². The van der Waals surface area contributed by atoms with Crippen LogP contribution in [0.5, 0.6) is 16.7 Å². The van der Waals surface area contributed by atoms with Crippen LogP contribution in [0.25, 0.3) is 0 Å². The zero-order chi connectivity index (χ0) is 10.7. The van der Waals surface area contributed by atoms with E-state index in [-0.39, 0.29) is 0 Å². The highest BCUT2D eigenvalue weighted by Crippen LogP contribution is 2.27. The van der Waals surface area contributed by atoms with Crippen LogP contribution in [0.4, 0.5) is 5.82 Å². The molecule has 0 saturated carbocycles. The highest BCUT2D eigenvalue weighted by molar-refractivity contribution is 7.11. The molecule has 2 N–H and O–H groups in total. The number of nitrogen functional groups attached to an aromatic ring is 1. The lowest BCUT2D eigenvalue weighted by Crippen LogP contribution is -1.86. The fraction of sp³-hybridized carbons (Fsp3) is 0.100. The standard InChI is InChI=1S/C10H10N2O2S/c1-13-7-2-4-8(5-3-7)14-10-12-9(11)6-15-10/h2-6H,11H2,1H3. The van der Waals surface area contributed by atoms with Crippen LogP contribution >= 0.6 is 11.3 Å². The highest BCUT2D eigenvalue weighted by atomic mass is 32.1. The Balaban J connectivity index is 2.11. The Morgan fingerprint density at radius 3 is 2.40 bits per heavy atom. The van der Waals surface area contributed by atoms with Crippen molar-refractivity contribution in [1.82, 2.24) is 4.98 Å². The Morgan fingerprint density at radius 2 is 1.87 bits per heavy atom. The van der Waals surface area contributed by atoms with Gasteiger partial charge in [0.25, 0.3) is 5.19 Å². The van der Waals surface area contributed by atoms with Gasteiger partial charge in [-0.25, -0.2) is 0 Å². The number of methoxy groups -OCH3 is 1. The molecular formula is C10H10N2O2S. The molecule has 1 heterocycles. The first-order valence-electron chi connectivity index (χ1n) is 4.31. The molecule has 2 aromatic rings. The molecule has 1 aromatic heterocycles. The van der Waals surface area contributed by atoms with E-state index in [0.717, 1.165) is 5.75 Å². The largest absolute Gasteiger partial charge is 0.497 e. The van der Waals surface area contributed by atoms with Crippen molar-refractivity contribution < 1.29 is 9.47 Å². The molecule has 0 aliphatic carbocycles. The van der Waals surface area contributed by atoms with Crippen molar-refractivity contribution in [2.24, 2.45) is 0 Å². The summed E-state index contributed by atoms with van der Waals surface area (Å²) in [5.41, 5.74) is 5.48. The first-order valence-corrected chi connectivity index (χ1v) is 5.19. The monoisotopic (exact) mass is 222 g/mol. The zero-order valence-electron chi connectivity index (χ0n) is 8.14. The van der Waals surface area contributed by atoms with Crippen LogP contribution < -0.4 is 15.2 Å². The number of nitrogens with two attached hydrogens (primary N) is 1. The summed E-state index contributed by atoms with van der Waals surface area (Å²) in [7, 11) is 1.62. The van der Waals surface area contributed by atoms with Gasteiger partial charge in [0.05, 0.1) is 7.11 Å². The fourth-order valence-electron chi connectivity index (χ4n) is 1.06. The maximum atomic E-state index is 5.48. The van der Waals surface area contributed by atoms with E-state index in [1.807, 2.05) is 24.3 Å². The predicted octanol–water partition coefficient (Wildman–Crippen LogP) is 2.53. The topological polar surface area (TPSA) is 57.4 Å². The Hall–Kier alpha value is -1.75. The minimum Gasteiger partial charge on any atom is -0.497 e. The van der Waals surface area contributed by atoms with E-state index in [0.29, 0.717) is 16.8 Å². The summed E-state index contributed by atoms with van der Waals surface area (Å²) in [5, 5.41) is 2.27. The summed E-state index contributed by atoms with van der Waals surface area (Å²) in [5.74, 6) is 1.98. The Labute approximate surface area is 91.3 Å². The van der Waals surface area contributed by atoms with Gasteiger partial charge in [0.2, 0.25) is 0 Å². The molecule has 15 heavy (non-hydrogen) atoms. The summed E-state index contributed by atoms with van der Waals surface area (Å²) >= 11 is 1.36. The third-order valence-electron chi connectivity index (χ3n) is 1.77. The second kappa shape index (κ2) is 4.18. The predicted molar refractivity (Wildman–Crippen MR) is 59.6 cm³/mol. The quantitative estimate of drug-likeness (QED) is 0.867. The molecule has 0 aliphatic heterocycles. The van der Waals surface area contributed by atoms with Crippen LogP contribution in [-0.2, 0) is 0 Å². The number of aromatic nitrogens is 1. The SMILES string of the molecule is COc1ccc(Oc2nc(N)cs2)cc1. The zero-order valence-corrected chi connectivity index (χ0v) is 8.95. The smallest absolute Gasteiger partial charge is 0.280 e. The molecule has 4 nitrogen and oxygen atoms in total. The molecule has 1 aromatic carbocycles. The molecule has 78 valence electrons. The average Bonchev–Trinajstić information content (AvgIpc) is 2.65. The molecule has 0 bridgehead atoms. The van der Waals surface area contributed by atoms with Gasteiger partial charge in [0.1, 0.15) is 17.3 Å². The van der Waals surface area contributed by atoms with E-state index in [1.54, 1.807) is 12.5 Å². The maximum Gasteiger partial charge on any atom is 0.280 e. The number of nitrogens with zero attached hydrogens (tertiary/aromatic N) is 1. The summed E-state index contributed by atoms with van der Waals surface area (Å²) in [6.45, 7) is 0. The minimum absolute atomic E-state index is 0.475. The van der Waals surface area contributed by atoms with Crippen LogP contribution in [0.3, 0.4) is 0 Å². The molecular weight excluding hydrogens is 212 g/mol. The van der Waals surface area contributed by atoms with Gasteiger partial charge >= 0.3 is 0 Å². The van der Waals surface area contributed by atoms with Crippen LogP contribution in [0, 0.1) is 0 Å². The summed E-state index contributed by atoms with van der Waals surface area (Å²) < 4.78 is 10.5. The molecule has 0 aliphatic rings. The van der Waals surface area contributed by atoms with E-state index in [1.165, 1.54) is 11.3 Å². The molecule has 0 saturated heterocycles. The number of ether oxygens (including phenoxy) is 2. The third-order valence-corrected chi connectivity index (χ3v) is 2.50. The van der Waals surface area contributed by atoms with Gasteiger partial charge in [-0.2, -0.15) is 4.98 Å². The second-order valence-corrected chi connectivity index (χ2v) is 3.64. The average molecular weight is 222 g/mol. The molecule has 0 spiro atoms. The Morgan fingerprint density at radius 1 is 1.20 bits per heavy atom. The second-order valence-electron chi connectivity index (χ2n) is 2.82. The fourth-order valence-corrected chi connectivity index (χ4v) is 1.64. The number of anilines is 1. The first kappa shape index (κ1) is 9.79. The van der Waals surface area contributed by atoms with Gasteiger partial charge in [-0.05, 0) is 24.3 Å². The number of hydrogen-bond donors (Lipinski definition) is 1. The van der Waals surface area contributed by atoms with Crippen LogP contribution in [0.15, 0.2) is 29.6 Å². The van der Waals surface area contributed by atoms with E-state index in [2.05, 4.69) is 4.98 Å². The van der Waals surface area contributed by atoms with Crippen molar-refractivity contribution in [3.8, 4) is 16.7 Å². The normalized spacial score (nSPS) is 9.93. The van der Waals surface area contributed by atoms with Gasteiger partial charge in [-0.1, -0.05) is 11.3 Å². The van der Waals surface area contributed by atoms with Crippen LogP contribution in [-0.4, -0.2) is 12.1 Å². The summed E-state index contributed by atoms with van der Waals surface area (Å²) in [6.07, 6.45) is 0. The van der Waals surface area contributed by atoms with Gasteiger partial charge in [-0.3, -0.25) is 0 Å². The van der Waals surface area contributed by atoms with Crippen LogP contribution in [0.2, 0.25) is 0 Å². The lowest BCUT2D eigenvalue weighted by atomic mass is 10.3. The van der Waals surface area contributed by atoms with E-state index in [4.69, 9.17) is 15.2 Å². The van der Waals surface area contributed by atoms with E-state index >= 15 is 0 Å². The third kappa shape index (κ3) is 2.38. The van der Waals surface area contributed by atoms with Crippen LogP contribution in [0.1, 0.15) is 0 Å². The van der Waals surface area contributed by atoms with Gasteiger partial charge < -0.3 is 15.2 Å². The van der Waals surface area contributed by atoms with Crippen molar-refractivity contribution >= 4 is 17.2 Å². The molecule has 0 atom stereocenters. The highest BCUT2D eigenvalue weighted by Gasteiger charge is 2.01. The number of benzene rings is 1.